The van der Waals surface area contributed by atoms with E-state index in [1.165, 1.54) is 26.6 Å². The predicted molar refractivity (Wildman–Crippen MR) is 125 cm³/mol. The molecule has 0 aliphatic carbocycles. The molecule has 1 saturated heterocycles. The van der Waals surface area contributed by atoms with Crippen molar-refractivity contribution in [1.29, 1.82) is 0 Å². The van der Waals surface area contributed by atoms with Crippen molar-refractivity contribution in [2.24, 2.45) is 0 Å². The number of nitrogens with zero attached hydrogens (tertiary/aromatic N) is 2. The van der Waals surface area contributed by atoms with Crippen molar-refractivity contribution in [2.75, 3.05) is 18.4 Å². The zero-order valence-corrected chi connectivity index (χ0v) is 19.1. The first-order chi connectivity index (χ1) is 15.3. The van der Waals surface area contributed by atoms with Crippen molar-refractivity contribution < 1.29 is 13.2 Å². The second-order valence-corrected chi connectivity index (χ2v) is 10.4. The molecular weight excluding hydrogens is 426 g/mol. The zero-order chi connectivity index (χ0) is 22.9. The average molecular weight is 454 g/mol. The average Bonchev–Trinajstić information content (AvgIpc) is 3.32. The molecule has 0 bridgehead atoms. The molecule has 7 nitrogen and oxygen atoms in total. The van der Waals surface area contributed by atoms with Crippen LogP contribution in [0, 0.1) is 0 Å². The Balaban J connectivity index is 1.59. The minimum Gasteiger partial charge on any atom is -0.325 e. The summed E-state index contributed by atoms with van der Waals surface area (Å²) in [6.45, 7) is 5.08. The Morgan fingerprint density at radius 3 is 2.34 bits per heavy atom. The lowest BCUT2D eigenvalue weighted by atomic mass is 10.0. The van der Waals surface area contributed by atoms with E-state index in [-0.39, 0.29) is 22.9 Å². The fourth-order valence-corrected chi connectivity index (χ4v) is 5.53. The topological polar surface area (TPSA) is 88.5 Å². The predicted octanol–water partition coefficient (Wildman–Crippen LogP) is 3.55. The summed E-state index contributed by atoms with van der Waals surface area (Å²) in [4.78, 5) is 25.3. The number of fused-ring (bicyclic) bond motifs is 1. The molecule has 0 spiro atoms. The second kappa shape index (κ2) is 8.88. The van der Waals surface area contributed by atoms with Crippen molar-refractivity contribution in [2.45, 2.75) is 44.0 Å². The first-order valence-corrected chi connectivity index (χ1v) is 12.2. The van der Waals surface area contributed by atoms with E-state index in [0.29, 0.717) is 35.6 Å². The fraction of sp³-hybridized carbons (Fsp3) is 0.333. The van der Waals surface area contributed by atoms with E-state index in [1.807, 2.05) is 24.3 Å². The van der Waals surface area contributed by atoms with E-state index in [4.69, 9.17) is 0 Å². The highest BCUT2D eigenvalue weighted by Gasteiger charge is 2.27. The lowest BCUT2D eigenvalue weighted by Crippen LogP contribution is -2.28. The van der Waals surface area contributed by atoms with E-state index in [1.54, 1.807) is 18.2 Å². The summed E-state index contributed by atoms with van der Waals surface area (Å²) in [7, 11) is -3.56. The number of nitrogens with one attached hydrogen (secondary N) is 1. The summed E-state index contributed by atoms with van der Waals surface area (Å²) in [6, 6.07) is 15.3. The molecule has 3 aromatic rings. The molecule has 1 aliphatic rings. The van der Waals surface area contributed by atoms with Crippen LogP contribution in [0.3, 0.4) is 0 Å². The van der Waals surface area contributed by atoms with Crippen LogP contribution in [0.1, 0.15) is 38.2 Å². The number of pyridine rings is 1. The summed E-state index contributed by atoms with van der Waals surface area (Å²) < 4.78 is 28.6. The Labute approximate surface area is 187 Å². The minimum absolute atomic E-state index is 0.166. The van der Waals surface area contributed by atoms with Crippen LogP contribution in [0.15, 0.2) is 64.3 Å². The summed E-state index contributed by atoms with van der Waals surface area (Å²) in [5, 5.41) is 3.42. The third kappa shape index (κ3) is 4.47. The molecular formula is C24H27N3O4S. The Kier molecular flexibility index (Phi) is 6.17. The molecule has 0 unspecified atom stereocenters. The quantitative estimate of drug-likeness (QED) is 0.618. The smallest absolute Gasteiger partial charge is 0.251 e. The molecule has 2 heterocycles. The van der Waals surface area contributed by atoms with Gasteiger partial charge in [0.1, 0.15) is 6.54 Å². The number of carbonyl (C=O) groups is 1. The number of hydrogen-bond donors (Lipinski definition) is 1. The Hall–Kier alpha value is -2.97. The van der Waals surface area contributed by atoms with Gasteiger partial charge in [-0.1, -0.05) is 26.0 Å². The number of amides is 1. The van der Waals surface area contributed by atoms with Gasteiger partial charge in [0.05, 0.1) is 10.4 Å². The van der Waals surface area contributed by atoms with Gasteiger partial charge in [0.15, 0.2) is 0 Å². The number of aromatic nitrogens is 1. The van der Waals surface area contributed by atoms with E-state index < -0.39 is 10.0 Å². The molecule has 1 N–H and O–H groups in total. The van der Waals surface area contributed by atoms with Gasteiger partial charge in [0, 0.05) is 24.8 Å². The number of benzene rings is 2. The van der Waals surface area contributed by atoms with Gasteiger partial charge in [0.2, 0.25) is 15.9 Å². The highest BCUT2D eigenvalue weighted by Crippen LogP contribution is 2.24. The lowest BCUT2D eigenvalue weighted by molar-refractivity contribution is -0.116. The van der Waals surface area contributed by atoms with Crippen LogP contribution in [0.25, 0.3) is 10.9 Å². The van der Waals surface area contributed by atoms with Crippen molar-refractivity contribution in [3.63, 3.8) is 0 Å². The maximum absolute atomic E-state index is 12.9. The molecule has 2 aromatic carbocycles. The maximum atomic E-state index is 12.9. The van der Waals surface area contributed by atoms with Gasteiger partial charge in [-0.15, -0.1) is 0 Å². The molecule has 0 atom stereocenters. The summed E-state index contributed by atoms with van der Waals surface area (Å²) in [5.74, 6) is 0.0684. The van der Waals surface area contributed by atoms with Crippen LogP contribution in [-0.4, -0.2) is 36.3 Å². The minimum atomic E-state index is -3.56. The van der Waals surface area contributed by atoms with Gasteiger partial charge in [-0.3, -0.25) is 14.2 Å². The Morgan fingerprint density at radius 1 is 1.00 bits per heavy atom. The van der Waals surface area contributed by atoms with Gasteiger partial charge in [0.25, 0.3) is 5.56 Å². The molecule has 168 valence electrons. The van der Waals surface area contributed by atoms with E-state index in [0.717, 1.165) is 12.8 Å². The highest BCUT2D eigenvalue weighted by molar-refractivity contribution is 7.89. The molecule has 1 aliphatic heterocycles. The number of sulfonamides is 1. The standard InChI is InChI=1S/C24H27N3O4S/c1-17(2)18-5-8-20(9-6-18)25-23(28)16-27-22-11-10-21(15-19(22)7-12-24(27)29)32(30,31)26-13-3-4-14-26/h5-12,15,17H,3-4,13-14,16H2,1-2H3,(H,25,28). The van der Waals surface area contributed by atoms with Crippen LogP contribution in [-0.2, 0) is 21.4 Å². The zero-order valence-electron chi connectivity index (χ0n) is 18.2. The van der Waals surface area contributed by atoms with Gasteiger partial charge in [-0.2, -0.15) is 4.31 Å². The monoisotopic (exact) mass is 453 g/mol. The van der Waals surface area contributed by atoms with E-state index in [2.05, 4.69) is 19.2 Å². The third-order valence-electron chi connectivity index (χ3n) is 5.83. The van der Waals surface area contributed by atoms with Gasteiger partial charge in [-0.05, 0) is 66.1 Å². The number of carbonyl (C=O) groups excluding carboxylic acids is 1. The largest absolute Gasteiger partial charge is 0.325 e. The van der Waals surface area contributed by atoms with Crippen molar-refractivity contribution in [3.05, 3.63) is 70.5 Å². The SMILES string of the molecule is CC(C)c1ccc(NC(=O)Cn2c(=O)ccc3cc(S(=O)(=O)N4CCCC4)ccc32)cc1. The summed E-state index contributed by atoms with van der Waals surface area (Å²) in [6.07, 6.45) is 1.73. The summed E-state index contributed by atoms with van der Waals surface area (Å²) in [5.41, 5.74) is 2.03. The van der Waals surface area contributed by atoms with Gasteiger partial charge in [-0.25, -0.2) is 8.42 Å². The molecule has 32 heavy (non-hydrogen) atoms. The molecule has 4 rings (SSSR count). The Morgan fingerprint density at radius 2 is 1.69 bits per heavy atom. The van der Waals surface area contributed by atoms with Crippen LogP contribution < -0.4 is 10.9 Å². The normalized spacial score (nSPS) is 14.8. The van der Waals surface area contributed by atoms with Crippen LogP contribution in [0.5, 0.6) is 0 Å². The number of anilines is 1. The molecule has 1 aromatic heterocycles. The molecule has 1 amide bonds. The molecule has 1 fully saturated rings. The first kappa shape index (κ1) is 22.2. The third-order valence-corrected chi connectivity index (χ3v) is 7.72. The molecule has 0 saturated carbocycles. The van der Waals surface area contributed by atoms with Gasteiger partial charge < -0.3 is 5.32 Å². The van der Waals surface area contributed by atoms with Crippen LogP contribution >= 0.6 is 0 Å². The summed E-state index contributed by atoms with van der Waals surface area (Å²) >= 11 is 0. The van der Waals surface area contributed by atoms with E-state index in [9.17, 15) is 18.0 Å². The number of hydrogen-bond acceptors (Lipinski definition) is 4. The Bertz CT molecular complexity index is 1310. The highest BCUT2D eigenvalue weighted by atomic mass is 32.2. The lowest BCUT2D eigenvalue weighted by Gasteiger charge is -2.16. The van der Waals surface area contributed by atoms with Crippen molar-refractivity contribution in [3.8, 4) is 0 Å². The van der Waals surface area contributed by atoms with Crippen molar-refractivity contribution >= 4 is 32.5 Å². The molecule has 0 radical (unpaired) electrons. The fourth-order valence-electron chi connectivity index (χ4n) is 3.98. The first-order valence-electron chi connectivity index (χ1n) is 10.8. The van der Waals surface area contributed by atoms with Crippen LogP contribution in [0.2, 0.25) is 0 Å². The molecule has 8 heteroatoms. The number of rotatable bonds is 6. The second-order valence-electron chi connectivity index (χ2n) is 8.41. The van der Waals surface area contributed by atoms with Crippen molar-refractivity contribution in [1.82, 2.24) is 8.87 Å². The maximum Gasteiger partial charge on any atom is 0.251 e. The van der Waals surface area contributed by atoms with E-state index >= 15 is 0 Å². The van der Waals surface area contributed by atoms with Crippen LogP contribution in [0.4, 0.5) is 5.69 Å². The van der Waals surface area contributed by atoms with Gasteiger partial charge >= 0.3 is 0 Å².